The summed E-state index contributed by atoms with van der Waals surface area (Å²) in [5, 5.41) is 6.27. The van der Waals surface area contributed by atoms with E-state index in [-0.39, 0.29) is 5.69 Å². The fourth-order valence-corrected chi connectivity index (χ4v) is 1.95. The number of fused-ring (bicyclic) bond motifs is 3. The second kappa shape index (κ2) is 2.96. The van der Waals surface area contributed by atoms with Gasteiger partial charge in [-0.05, 0) is 18.2 Å². The molecule has 1 N–H and O–H groups in total. The number of benzene rings is 1. The first-order valence-electron chi connectivity index (χ1n) is 4.35. The summed E-state index contributed by atoms with van der Waals surface area (Å²) in [4.78, 5) is 11.5. The number of halogens is 1. The van der Waals surface area contributed by atoms with Gasteiger partial charge in [0.05, 0.1) is 5.69 Å². The highest BCUT2D eigenvalue weighted by atomic mass is 79.9. The SMILES string of the molecule is O=c1[nH]nc2n1-c1cc(Br)ccc1OC2. The van der Waals surface area contributed by atoms with Gasteiger partial charge in [0.2, 0.25) is 0 Å². The summed E-state index contributed by atoms with van der Waals surface area (Å²) in [6.45, 7) is 0.313. The maximum absolute atomic E-state index is 11.5. The van der Waals surface area contributed by atoms with E-state index in [1.54, 1.807) is 0 Å². The van der Waals surface area contributed by atoms with Crippen molar-refractivity contribution in [3.8, 4) is 11.4 Å². The van der Waals surface area contributed by atoms with Gasteiger partial charge in [0.25, 0.3) is 0 Å². The Morgan fingerprint density at radius 1 is 1.53 bits per heavy atom. The molecule has 2 heterocycles. The monoisotopic (exact) mass is 267 g/mol. The van der Waals surface area contributed by atoms with Gasteiger partial charge in [-0.3, -0.25) is 0 Å². The number of rotatable bonds is 0. The Labute approximate surface area is 92.8 Å². The van der Waals surface area contributed by atoms with Crippen molar-refractivity contribution in [3.05, 3.63) is 39.0 Å². The van der Waals surface area contributed by atoms with Crippen LogP contribution in [0.15, 0.2) is 27.5 Å². The van der Waals surface area contributed by atoms with E-state index < -0.39 is 0 Å². The predicted octanol–water partition coefficient (Wildman–Crippen LogP) is 1.22. The summed E-state index contributed by atoms with van der Waals surface area (Å²) in [5.41, 5.74) is 0.469. The zero-order chi connectivity index (χ0) is 10.4. The first-order chi connectivity index (χ1) is 7.25. The Morgan fingerprint density at radius 3 is 3.27 bits per heavy atom. The molecule has 0 atom stereocenters. The number of hydrogen-bond donors (Lipinski definition) is 1. The van der Waals surface area contributed by atoms with Crippen molar-refractivity contribution in [1.29, 1.82) is 0 Å². The minimum atomic E-state index is -0.243. The van der Waals surface area contributed by atoms with Gasteiger partial charge in [0.15, 0.2) is 5.82 Å². The summed E-state index contributed by atoms with van der Waals surface area (Å²) < 4.78 is 7.87. The number of ether oxygens (including phenoxy) is 1. The lowest BCUT2D eigenvalue weighted by Crippen LogP contribution is -2.22. The van der Waals surface area contributed by atoms with Crippen LogP contribution in [0.5, 0.6) is 5.75 Å². The highest BCUT2D eigenvalue weighted by Crippen LogP contribution is 2.29. The molecule has 1 aromatic carbocycles. The molecule has 2 aromatic rings. The fraction of sp³-hybridized carbons (Fsp3) is 0.111. The molecule has 6 heteroatoms. The summed E-state index contributed by atoms with van der Waals surface area (Å²) in [7, 11) is 0. The minimum Gasteiger partial charge on any atom is -0.483 e. The molecule has 0 saturated carbocycles. The predicted molar refractivity (Wildman–Crippen MR) is 56.2 cm³/mol. The van der Waals surface area contributed by atoms with Crippen LogP contribution in [-0.2, 0) is 6.61 Å². The minimum absolute atomic E-state index is 0.243. The van der Waals surface area contributed by atoms with Crippen molar-refractivity contribution in [1.82, 2.24) is 14.8 Å². The molecule has 3 rings (SSSR count). The largest absolute Gasteiger partial charge is 0.483 e. The number of nitrogens with one attached hydrogen (secondary N) is 1. The van der Waals surface area contributed by atoms with Gasteiger partial charge < -0.3 is 4.74 Å². The molecule has 1 aliphatic heterocycles. The van der Waals surface area contributed by atoms with E-state index in [1.807, 2.05) is 18.2 Å². The Balaban J connectivity index is 2.36. The number of nitrogens with zero attached hydrogens (tertiary/aromatic N) is 2. The normalized spacial score (nSPS) is 12.9. The average molecular weight is 268 g/mol. The molecule has 1 aliphatic rings. The molecule has 76 valence electrons. The number of H-pyrrole nitrogens is 1. The van der Waals surface area contributed by atoms with E-state index >= 15 is 0 Å². The quantitative estimate of drug-likeness (QED) is 0.781. The van der Waals surface area contributed by atoms with Crippen molar-refractivity contribution in [2.75, 3.05) is 0 Å². The average Bonchev–Trinajstić information content (AvgIpc) is 2.60. The van der Waals surface area contributed by atoms with Gasteiger partial charge in [-0.15, -0.1) is 0 Å². The topological polar surface area (TPSA) is 59.9 Å². The molecule has 1 aromatic heterocycles. The third-order valence-electron chi connectivity index (χ3n) is 2.26. The van der Waals surface area contributed by atoms with Crippen molar-refractivity contribution in [2.24, 2.45) is 0 Å². The lowest BCUT2D eigenvalue weighted by Gasteiger charge is -2.17. The van der Waals surface area contributed by atoms with E-state index in [0.717, 1.165) is 4.47 Å². The molecule has 0 aliphatic carbocycles. The van der Waals surface area contributed by atoms with Crippen LogP contribution in [0.2, 0.25) is 0 Å². The van der Waals surface area contributed by atoms with Gasteiger partial charge >= 0.3 is 5.69 Å². The molecule has 0 spiro atoms. The third kappa shape index (κ3) is 1.21. The molecule has 0 amide bonds. The molecule has 0 saturated heterocycles. The second-order valence-electron chi connectivity index (χ2n) is 3.18. The zero-order valence-corrected chi connectivity index (χ0v) is 9.11. The Morgan fingerprint density at radius 2 is 2.40 bits per heavy atom. The van der Waals surface area contributed by atoms with E-state index in [2.05, 4.69) is 26.1 Å². The standard InChI is InChI=1S/C9H6BrN3O2/c10-5-1-2-7-6(3-5)13-8(4-15-7)11-12-9(13)14/h1-3H,4H2,(H,12,14). The lowest BCUT2D eigenvalue weighted by molar-refractivity contribution is 0.278. The highest BCUT2D eigenvalue weighted by Gasteiger charge is 2.20. The van der Waals surface area contributed by atoms with E-state index in [9.17, 15) is 4.79 Å². The maximum atomic E-state index is 11.5. The Bertz CT molecular complexity index is 587. The second-order valence-corrected chi connectivity index (χ2v) is 4.10. The molecule has 0 radical (unpaired) electrons. The van der Waals surface area contributed by atoms with Gasteiger partial charge in [-0.1, -0.05) is 15.9 Å². The molecular formula is C9H6BrN3O2. The van der Waals surface area contributed by atoms with Gasteiger partial charge in [0.1, 0.15) is 12.4 Å². The van der Waals surface area contributed by atoms with Gasteiger partial charge in [0, 0.05) is 4.47 Å². The van der Waals surface area contributed by atoms with Crippen LogP contribution in [0.3, 0.4) is 0 Å². The first kappa shape index (κ1) is 8.72. The molecular weight excluding hydrogens is 262 g/mol. The van der Waals surface area contributed by atoms with Crippen molar-refractivity contribution in [2.45, 2.75) is 6.61 Å². The molecule has 0 fully saturated rings. The van der Waals surface area contributed by atoms with Crippen LogP contribution in [0.1, 0.15) is 5.82 Å². The zero-order valence-electron chi connectivity index (χ0n) is 7.53. The highest BCUT2D eigenvalue weighted by molar-refractivity contribution is 9.10. The van der Waals surface area contributed by atoms with Crippen LogP contribution in [0.25, 0.3) is 5.69 Å². The van der Waals surface area contributed by atoms with Crippen LogP contribution < -0.4 is 10.4 Å². The number of aromatic amines is 1. The summed E-state index contributed by atoms with van der Waals surface area (Å²) in [6.07, 6.45) is 0. The Kier molecular flexibility index (Phi) is 1.72. The Hall–Kier alpha value is -1.56. The van der Waals surface area contributed by atoms with Crippen LogP contribution in [-0.4, -0.2) is 14.8 Å². The van der Waals surface area contributed by atoms with Crippen molar-refractivity contribution >= 4 is 15.9 Å². The van der Waals surface area contributed by atoms with E-state index in [0.29, 0.717) is 23.9 Å². The summed E-state index contributed by atoms with van der Waals surface area (Å²) in [5.74, 6) is 1.28. The molecule has 5 nitrogen and oxygen atoms in total. The lowest BCUT2D eigenvalue weighted by atomic mass is 10.2. The van der Waals surface area contributed by atoms with Gasteiger partial charge in [-0.2, -0.15) is 5.10 Å². The van der Waals surface area contributed by atoms with Crippen LogP contribution >= 0.6 is 15.9 Å². The van der Waals surface area contributed by atoms with Crippen LogP contribution in [0, 0.1) is 0 Å². The maximum Gasteiger partial charge on any atom is 0.348 e. The van der Waals surface area contributed by atoms with Crippen molar-refractivity contribution in [3.63, 3.8) is 0 Å². The molecule has 0 unspecified atom stereocenters. The first-order valence-corrected chi connectivity index (χ1v) is 5.14. The molecule has 15 heavy (non-hydrogen) atoms. The fourth-order valence-electron chi connectivity index (χ4n) is 1.60. The summed E-state index contributed by atoms with van der Waals surface area (Å²) in [6, 6.07) is 5.52. The number of aromatic nitrogens is 3. The summed E-state index contributed by atoms with van der Waals surface area (Å²) >= 11 is 3.35. The van der Waals surface area contributed by atoms with E-state index in [1.165, 1.54) is 4.57 Å². The van der Waals surface area contributed by atoms with E-state index in [4.69, 9.17) is 4.74 Å². The van der Waals surface area contributed by atoms with Gasteiger partial charge in [-0.25, -0.2) is 14.5 Å². The van der Waals surface area contributed by atoms with Crippen LogP contribution in [0.4, 0.5) is 0 Å². The smallest absolute Gasteiger partial charge is 0.348 e. The third-order valence-corrected chi connectivity index (χ3v) is 2.75. The number of hydrogen-bond acceptors (Lipinski definition) is 3. The van der Waals surface area contributed by atoms with Crippen molar-refractivity contribution < 1.29 is 4.74 Å². The molecule has 0 bridgehead atoms.